The largest absolute Gasteiger partial charge is 0.496 e. The predicted molar refractivity (Wildman–Crippen MR) is 78.9 cm³/mol. The Morgan fingerprint density at radius 3 is 2.38 bits per heavy atom. The van der Waals surface area contributed by atoms with Crippen LogP contribution in [0, 0.1) is 0 Å². The molecule has 1 atom stereocenters. The van der Waals surface area contributed by atoms with E-state index in [0.717, 1.165) is 0 Å². The fraction of sp³-hybridized carbons (Fsp3) is 0.467. The molecule has 0 aliphatic carbocycles. The molecule has 0 spiro atoms. The Labute approximate surface area is 124 Å². The summed E-state index contributed by atoms with van der Waals surface area (Å²) in [5, 5.41) is 11.7. The summed E-state index contributed by atoms with van der Waals surface area (Å²) in [5.41, 5.74) is 0.333. The minimum Gasteiger partial charge on any atom is -0.496 e. The second-order valence-corrected chi connectivity index (χ2v) is 5.64. The molecular weight excluding hydrogens is 274 g/mol. The van der Waals surface area contributed by atoms with Crippen molar-refractivity contribution >= 4 is 17.7 Å². The molecule has 0 saturated heterocycles. The Balaban J connectivity index is 2.98. The van der Waals surface area contributed by atoms with Gasteiger partial charge < -0.3 is 14.6 Å². The summed E-state index contributed by atoms with van der Waals surface area (Å²) in [6.07, 6.45) is -0.596. The normalized spacial score (nSPS) is 12.4. The average Bonchev–Trinajstić information content (AvgIpc) is 2.35. The van der Waals surface area contributed by atoms with Crippen molar-refractivity contribution in [1.29, 1.82) is 0 Å². The number of aliphatic carboxylic acids is 1. The summed E-state index contributed by atoms with van der Waals surface area (Å²) in [5.74, 6) is -1.26. The second kappa shape index (κ2) is 6.47. The molecule has 116 valence electrons. The zero-order chi connectivity index (χ0) is 16.2. The van der Waals surface area contributed by atoms with E-state index in [2.05, 4.69) is 5.32 Å². The number of carboxylic acid groups (broad SMARTS) is 1. The first-order valence-electron chi connectivity index (χ1n) is 6.55. The third-order valence-corrected chi connectivity index (χ3v) is 2.71. The zero-order valence-corrected chi connectivity index (χ0v) is 12.9. The van der Waals surface area contributed by atoms with Crippen LogP contribution in [-0.4, -0.2) is 29.9 Å². The minimum atomic E-state index is -0.970. The molecule has 0 aliphatic heterocycles. The first-order chi connectivity index (χ1) is 9.64. The molecule has 6 nitrogen and oxygen atoms in total. The van der Waals surface area contributed by atoms with E-state index in [4.69, 9.17) is 14.6 Å². The van der Waals surface area contributed by atoms with Crippen LogP contribution in [-0.2, 0) is 9.53 Å². The lowest BCUT2D eigenvalue weighted by Crippen LogP contribution is -2.27. The number of methoxy groups -OCH3 is 1. The molecule has 1 rings (SSSR count). The van der Waals surface area contributed by atoms with E-state index >= 15 is 0 Å². The molecular formula is C15H21NO5. The molecule has 0 aromatic heterocycles. The molecule has 1 aromatic rings. The highest BCUT2D eigenvalue weighted by atomic mass is 16.6. The van der Waals surface area contributed by atoms with Crippen molar-refractivity contribution in [2.75, 3.05) is 12.4 Å². The number of anilines is 1. The van der Waals surface area contributed by atoms with Gasteiger partial charge in [-0.25, -0.2) is 4.79 Å². The van der Waals surface area contributed by atoms with E-state index in [1.54, 1.807) is 45.9 Å². The number of hydrogen-bond acceptors (Lipinski definition) is 4. The predicted octanol–water partition coefficient (Wildman–Crippen LogP) is 3.23. The van der Waals surface area contributed by atoms with Gasteiger partial charge in [-0.3, -0.25) is 10.1 Å². The van der Waals surface area contributed by atoms with Gasteiger partial charge >= 0.3 is 12.1 Å². The van der Waals surface area contributed by atoms with Gasteiger partial charge in [0.15, 0.2) is 0 Å². The molecule has 1 aromatic carbocycles. The van der Waals surface area contributed by atoms with Gasteiger partial charge in [0.1, 0.15) is 11.4 Å². The van der Waals surface area contributed by atoms with Gasteiger partial charge in [0.2, 0.25) is 0 Å². The number of carbonyl (C=O) groups excluding carboxylic acids is 1. The lowest BCUT2D eigenvalue weighted by Gasteiger charge is -2.20. The summed E-state index contributed by atoms with van der Waals surface area (Å²) in [4.78, 5) is 22.8. The lowest BCUT2D eigenvalue weighted by atomic mass is 9.99. The summed E-state index contributed by atoms with van der Waals surface area (Å²) in [6, 6.07) is 4.81. The van der Waals surface area contributed by atoms with E-state index in [1.807, 2.05) is 0 Å². The van der Waals surface area contributed by atoms with Crippen LogP contribution in [0.25, 0.3) is 0 Å². The first-order valence-corrected chi connectivity index (χ1v) is 6.55. The van der Waals surface area contributed by atoms with Crippen LogP contribution in [0.2, 0.25) is 0 Å². The average molecular weight is 295 g/mol. The SMILES string of the molecule is COc1ccc(NC(=O)OC(C)(C)C)cc1C(C)C(=O)O. The highest BCUT2D eigenvalue weighted by molar-refractivity contribution is 5.86. The van der Waals surface area contributed by atoms with Crippen molar-refractivity contribution in [2.45, 2.75) is 39.2 Å². The van der Waals surface area contributed by atoms with Crippen molar-refractivity contribution in [2.24, 2.45) is 0 Å². The molecule has 1 unspecified atom stereocenters. The quantitative estimate of drug-likeness (QED) is 0.890. The number of carbonyl (C=O) groups is 2. The van der Waals surface area contributed by atoms with Gasteiger partial charge in [-0.15, -0.1) is 0 Å². The van der Waals surface area contributed by atoms with Crippen LogP contribution < -0.4 is 10.1 Å². The van der Waals surface area contributed by atoms with Gasteiger partial charge in [-0.2, -0.15) is 0 Å². The summed E-state index contributed by atoms with van der Waals surface area (Å²) in [7, 11) is 1.47. The molecule has 0 heterocycles. The maximum atomic E-state index is 11.7. The number of benzene rings is 1. The fourth-order valence-electron chi connectivity index (χ4n) is 1.70. The minimum absolute atomic E-state index is 0.452. The Morgan fingerprint density at radius 2 is 1.90 bits per heavy atom. The lowest BCUT2D eigenvalue weighted by molar-refractivity contribution is -0.138. The van der Waals surface area contributed by atoms with Crippen LogP contribution >= 0.6 is 0 Å². The third-order valence-electron chi connectivity index (χ3n) is 2.71. The molecule has 2 N–H and O–H groups in total. The fourth-order valence-corrected chi connectivity index (χ4v) is 1.70. The third kappa shape index (κ3) is 4.98. The Hall–Kier alpha value is -2.24. The van der Waals surface area contributed by atoms with Crippen LogP contribution in [0.15, 0.2) is 18.2 Å². The van der Waals surface area contributed by atoms with Gasteiger partial charge in [-0.1, -0.05) is 0 Å². The highest BCUT2D eigenvalue weighted by Gasteiger charge is 2.20. The van der Waals surface area contributed by atoms with E-state index in [0.29, 0.717) is 17.0 Å². The summed E-state index contributed by atoms with van der Waals surface area (Å²) >= 11 is 0. The first kappa shape index (κ1) is 16.8. The van der Waals surface area contributed by atoms with Crippen molar-refractivity contribution < 1.29 is 24.2 Å². The number of rotatable bonds is 4. The number of nitrogens with one attached hydrogen (secondary N) is 1. The molecule has 0 fully saturated rings. The second-order valence-electron chi connectivity index (χ2n) is 5.64. The van der Waals surface area contributed by atoms with Gasteiger partial charge in [-0.05, 0) is 45.9 Å². The maximum Gasteiger partial charge on any atom is 0.412 e. The molecule has 0 bridgehead atoms. The standard InChI is InChI=1S/C15H21NO5/c1-9(13(17)18)11-8-10(6-7-12(11)20-5)16-14(19)21-15(2,3)4/h6-9H,1-5H3,(H,16,19)(H,17,18). The Kier molecular flexibility index (Phi) is 5.18. The number of amides is 1. The van der Waals surface area contributed by atoms with Crippen molar-refractivity contribution in [3.8, 4) is 5.75 Å². The number of hydrogen-bond donors (Lipinski definition) is 2. The van der Waals surface area contributed by atoms with Crippen molar-refractivity contribution in [3.63, 3.8) is 0 Å². The highest BCUT2D eigenvalue weighted by Crippen LogP contribution is 2.30. The van der Waals surface area contributed by atoms with E-state index in [-0.39, 0.29) is 0 Å². The molecule has 0 radical (unpaired) electrons. The molecule has 21 heavy (non-hydrogen) atoms. The summed E-state index contributed by atoms with van der Waals surface area (Å²) in [6.45, 7) is 6.84. The van der Waals surface area contributed by atoms with E-state index in [1.165, 1.54) is 7.11 Å². The van der Waals surface area contributed by atoms with E-state index < -0.39 is 23.6 Å². The maximum absolute atomic E-state index is 11.7. The van der Waals surface area contributed by atoms with Gasteiger partial charge in [0.05, 0.1) is 13.0 Å². The Morgan fingerprint density at radius 1 is 1.29 bits per heavy atom. The van der Waals surface area contributed by atoms with Crippen LogP contribution in [0.1, 0.15) is 39.2 Å². The monoisotopic (exact) mass is 295 g/mol. The summed E-state index contributed by atoms with van der Waals surface area (Å²) < 4.78 is 10.3. The van der Waals surface area contributed by atoms with Crippen LogP contribution in [0.3, 0.4) is 0 Å². The number of ether oxygens (including phenoxy) is 2. The van der Waals surface area contributed by atoms with Gasteiger partial charge in [0, 0.05) is 11.3 Å². The molecule has 6 heteroatoms. The zero-order valence-electron chi connectivity index (χ0n) is 12.9. The topological polar surface area (TPSA) is 84.9 Å². The van der Waals surface area contributed by atoms with Crippen molar-refractivity contribution in [1.82, 2.24) is 0 Å². The van der Waals surface area contributed by atoms with Crippen molar-refractivity contribution in [3.05, 3.63) is 23.8 Å². The van der Waals surface area contributed by atoms with Crippen LogP contribution in [0.4, 0.5) is 10.5 Å². The molecule has 0 saturated carbocycles. The van der Waals surface area contributed by atoms with E-state index in [9.17, 15) is 9.59 Å². The van der Waals surface area contributed by atoms with Gasteiger partial charge in [0.25, 0.3) is 0 Å². The molecule has 1 amide bonds. The smallest absolute Gasteiger partial charge is 0.412 e. The molecule has 0 aliphatic rings. The van der Waals surface area contributed by atoms with Crippen LogP contribution in [0.5, 0.6) is 5.75 Å². The number of carboxylic acids is 1. The Bertz CT molecular complexity index is 533.